The molecular weight excluding hydrogens is 402 g/mol. The highest BCUT2D eigenvalue weighted by Gasteiger charge is 2.13. The number of benzene rings is 2. The Morgan fingerprint density at radius 2 is 1.73 bits per heavy atom. The van der Waals surface area contributed by atoms with Gasteiger partial charge in [0.05, 0.1) is 10.5 Å². The number of carbonyl (C=O) groups excluding carboxylic acids is 1. The van der Waals surface area contributed by atoms with E-state index < -0.39 is 10.0 Å². The first-order valence-corrected chi connectivity index (χ1v) is 11.0. The lowest BCUT2D eigenvalue weighted by Crippen LogP contribution is -2.31. The van der Waals surface area contributed by atoms with Crippen LogP contribution >= 0.6 is 0 Å². The Balaban J connectivity index is 1.62. The lowest BCUT2D eigenvalue weighted by atomic mass is 10.2. The molecule has 0 saturated carbocycles. The van der Waals surface area contributed by atoms with Gasteiger partial charge < -0.3 is 10.1 Å². The van der Waals surface area contributed by atoms with Crippen LogP contribution in [-0.2, 0) is 10.0 Å². The maximum Gasteiger partial charge on any atom is 0.261 e. The Labute approximate surface area is 176 Å². The lowest BCUT2D eigenvalue weighted by Gasteiger charge is -2.11. The van der Waals surface area contributed by atoms with Crippen molar-refractivity contribution in [2.24, 2.45) is 0 Å². The number of nitrogens with one attached hydrogen (secondary N) is 2. The van der Waals surface area contributed by atoms with Crippen LogP contribution in [0.4, 0.5) is 5.69 Å². The Morgan fingerprint density at radius 3 is 2.33 bits per heavy atom. The summed E-state index contributed by atoms with van der Waals surface area (Å²) in [6.07, 6.45) is 2.30. The van der Waals surface area contributed by atoms with Gasteiger partial charge in [0.2, 0.25) is 5.88 Å². The molecule has 0 unspecified atom stereocenters. The number of hydrogen-bond acceptors (Lipinski definition) is 5. The normalized spacial score (nSPS) is 12.1. The van der Waals surface area contributed by atoms with E-state index in [9.17, 15) is 13.2 Å². The predicted molar refractivity (Wildman–Crippen MR) is 115 cm³/mol. The highest BCUT2D eigenvalue weighted by Crippen LogP contribution is 2.23. The van der Waals surface area contributed by atoms with Crippen LogP contribution in [0.15, 0.2) is 77.8 Å². The van der Waals surface area contributed by atoms with E-state index in [2.05, 4.69) is 15.0 Å². The molecule has 0 aliphatic heterocycles. The van der Waals surface area contributed by atoms with Crippen LogP contribution in [0.25, 0.3) is 0 Å². The second-order valence-corrected chi connectivity index (χ2v) is 8.40. The maximum atomic E-state index is 12.4. The molecule has 2 N–H and O–H groups in total. The third kappa shape index (κ3) is 5.57. The molecule has 0 aliphatic carbocycles. The van der Waals surface area contributed by atoms with Crippen molar-refractivity contribution < 1.29 is 17.9 Å². The first kappa shape index (κ1) is 21.3. The van der Waals surface area contributed by atoms with Crippen LogP contribution in [0.5, 0.6) is 11.6 Å². The zero-order chi connectivity index (χ0) is 21.6. The molecule has 3 rings (SSSR count). The molecule has 8 heteroatoms. The number of aromatic nitrogens is 1. The van der Waals surface area contributed by atoms with Crippen LogP contribution in [0, 0.1) is 0 Å². The van der Waals surface area contributed by atoms with Gasteiger partial charge >= 0.3 is 0 Å². The number of carbonyl (C=O) groups is 1. The number of hydrogen-bond donors (Lipinski definition) is 2. The van der Waals surface area contributed by atoms with Crippen molar-refractivity contribution in [1.82, 2.24) is 10.3 Å². The summed E-state index contributed by atoms with van der Waals surface area (Å²) in [6, 6.07) is 17.9. The molecule has 2 aromatic carbocycles. The number of rotatable bonds is 8. The monoisotopic (exact) mass is 425 g/mol. The average Bonchev–Trinajstić information content (AvgIpc) is 2.76. The number of amides is 1. The summed E-state index contributed by atoms with van der Waals surface area (Å²) in [7, 11) is -3.65. The Bertz CT molecular complexity index is 1080. The minimum Gasteiger partial charge on any atom is -0.439 e. The van der Waals surface area contributed by atoms with Crippen molar-refractivity contribution in [2.75, 3.05) is 4.72 Å². The van der Waals surface area contributed by atoms with E-state index in [-0.39, 0.29) is 16.8 Å². The number of sulfonamides is 1. The van der Waals surface area contributed by atoms with Crippen LogP contribution in [0.3, 0.4) is 0 Å². The predicted octanol–water partition coefficient (Wildman–Crippen LogP) is 4.20. The Kier molecular flexibility index (Phi) is 6.68. The Hall–Kier alpha value is -3.39. The number of anilines is 1. The van der Waals surface area contributed by atoms with Gasteiger partial charge in [0, 0.05) is 24.0 Å². The molecule has 0 bridgehead atoms. The van der Waals surface area contributed by atoms with Crippen molar-refractivity contribution in [2.45, 2.75) is 31.2 Å². The first-order chi connectivity index (χ1) is 14.4. The number of nitrogens with zero attached hydrogens (tertiary/aromatic N) is 1. The van der Waals surface area contributed by atoms with E-state index in [0.29, 0.717) is 22.9 Å². The van der Waals surface area contributed by atoms with Gasteiger partial charge in [-0.2, -0.15) is 0 Å². The highest BCUT2D eigenvalue weighted by atomic mass is 32.2. The zero-order valence-electron chi connectivity index (χ0n) is 16.7. The van der Waals surface area contributed by atoms with Gasteiger partial charge in [0.1, 0.15) is 5.75 Å². The lowest BCUT2D eigenvalue weighted by molar-refractivity contribution is 0.0939. The molecule has 0 saturated heterocycles. The first-order valence-electron chi connectivity index (χ1n) is 9.50. The SMILES string of the molecule is CC[C@H](C)NC(=O)c1ccc(Oc2ccc(NS(=O)(=O)c3ccccc3)cc2)nc1. The molecule has 7 nitrogen and oxygen atoms in total. The van der Waals surface area contributed by atoms with E-state index in [1.807, 2.05) is 13.8 Å². The van der Waals surface area contributed by atoms with Gasteiger partial charge in [0.25, 0.3) is 15.9 Å². The van der Waals surface area contributed by atoms with Crippen molar-refractivity contribution in [3.8, 4) is 11.6 Å². The number of ether oxygens (including phenoxy) is 1. The minimum absolute atomic E-state index is 0.0891. The maximum absolute atomic E-state index is 12.4. The quantitative estimate of drug-likeness (QED) is 0.564. The van der Waals surface area contributed by atoms with Crippen molar-refractivity contribution in [3.63, 3.8) is 0 Å². The van der Waals surface area contributed by atoms with E-state index >= 15 is 0 Å². The summed E-state index contributed by atoms with van der Waals surface area (Å²) in [5.41, 5.74) is 0.865. The van der Waals surface area contributed by atoms with Crippen LogP contribution in [0.2, 0.25) is 0 Å². The second-order valence-electron chi connectivity index (χ2n) is 6.71. The fourth-order valence-electron chi connectivity index (χ4n) is 2.51. The fraction of sp³-hybridized carbons (Fsp3) is 0.182. The number of pyridine rings is 1. The molecule has 30 heavy (non-hydrogen) atoms. The second kappa shape index (κ2) is 9.41. The summed E-state index contributed by atoms with van der Waals surface area (Å²) in [5, 5.41) is 2.88. The Morgan fingerprint density at radius 1 is 1.03 bits per heavy atom. The van der Waals surface area contributed by atoms with Crippen LogP contribution in [0.1, 0.15) is 30.6 Å². The zero-order valence-corrected chi connectivity index (χ0v) is 17.5. The van der Waals surface area contributed by atoms with Gasteiger partial charge in [0.15, 0.2) is 0 Å². The van der Waals surface area contributed by atoms with E-state index in [1.54, 1.807) is 54.6 Å². The van der Waals surface area contributed by atoms with Crippen molar-refractivity contribution in [3.05, 3.63) is 78.5 Å². The highest BCUT2D eigenvalue weighted by molar-refractivity contribution is 7.92. The molecule has 0 aliphatic rings. The fourth-order valence-corrected chi connectivity index (χ4v) is 3.59. The van der Waals surface area contributed by atoms with E-state index in [4.69, 9.17) is 4.74 Å². The molecule has 156 valence electrons. The average molecular weight is 426 g/mol. The van der Waals surface area contributed by atoms with Crippen LogP contribution < -0.4 is 14.8 Å². The molecule has 0 spiro atoms. The minimum atomic E-state index is -3.65. The molecular formula is C22H23N3O4S. The summed E-state index contributed by atoms with van der Waals surface area (Å²) in [6.45, 7) is 3.93. The molecule has 1 heterocycles. The molecule has 1 aromatic heterocycles. The standard InChI is InChI=1S/C22H23N3O4S/c1-3-16(2)24-22(26)17-9-14-21(23-15-17)29-19-12-10-18(11-13-19)25-30(27,28)20-7-5-4-6-8-20/h4-16,25H,3H2,1-2H3,(H,24,26)/t16-/m0/s1. The van der Waals surface area contributed by atoms with Crippen molar-refractivity contribution in [1.29, 1.82) is 0 Å². The third-order valence-corrected chi connectivity index (χ3v) is 5.77. The summed E-state index contributed by atoms with van der Waals surface area (Å²) >= 11 is 0. The van der Waals surface area contributed by atoms with E-state index in [1.165, 1.54) is 18.3 Å². The third-order valence-electron chi connectivity index (χ3n) is 4.37. The largest absolute Gasteiger partial charge is 0.439 e. The summed E-state index contributed by atoms with van der Waals surface area (Å²) in [5.74, 6) is 0.633. The molecule has 0 fully saturated rings. The van der Waals surface area contributed by atoms with Crippen LogP contribution in [-0.4, -0.2) is 25.4 Å². The van der Waals surface area contributed by atoms with Gasteiger partial charge in [-0.15, -0.1) is 0 Å². The van der Waals surface area contributed by atoms with E-state index in [0.717, 1.165) is 6.42 Å². The van der Waals surface area contributed by atoms with Gasteiger partial charge in [-0.05, 0) is 55.8 Å². The van der Waals surface area contributed by atoms with Gasteiger partial charge in [-0.1, -0.05) is 25.1 Å². The molecule has 3 aromatic rings. The topological polar surface area (TPSA) is 97.4 Å². The van der Waals surface area contributed by atoms with Gasteiger partial charge in [-0.25, -0.2) is 13.4 Å². The molecule has 1 atom stereocenters. The summed E-state index contributed by atoms with van der Waals surface area (Å²) < 4.78 is 32.9. The van der Waals surface area contributed by atoms with Gasteiger partial charge in [-0.3, -0.25) is 9.52 Å². The summed E-state index contributed by atoms with van der Waals surface area (Å²) in [4.78, 5) is 16.4. The molecule has 1 amide bonds. The molecule has 0 radical (unpaired) electrons. The van der Waals surface area contributed by atoms with Crippen molar-refractivity contribution >= 4 is 21.6 Å². The smallest absolute Gasteiger partial charge is 0.261 e.